The van der Waals surface area contributed by atoms with Crippen molar-refractivity contribution in [3.63, 3.8) is 0 Å². The van der Waals surface area contributed by atoms with Crippen molar-refractivity contribution < 1.29 is 0 Å². The van der Waals surface area contributed by atoms with Crippen LogP contribution < -0.4 is 5.73 Å². The van der Waals surface area contributed by atoms with Crippen molar-refractivity contribution in [2.45, 2.75) is 32.7 Å². The fourth-order valence-electron chi connectivity index (χ4n) is 1.50. The van der Waals surface area contributed by atoms with Crippen LogP contribution in [0.3, 0.4) is 0 Å². The minimum Gasteiger partial charge on any atom is -0.326 e. The van der Waals surface area contributed by atoms with E-state index in [2.05, 4.69) is 25.8 Å². The Labute approximate surface area is 103 Å². The van der Waals surface area contributed by atoms with Crippen LogP contribution in [0.2, 0.25) is 0 Å². The molecular formula is C11H15N3S2. The summed E-state index contributed by atoms with van der Waals surface area (Å²) in [5.41, 5.74) is 8.77. The molecular weight excluding hydrogens is 238 g/mol. The number of hydrogen-bond donors (Lipinski definition) is 1. The van der Waals surface area contributed by atoms with Crippen molar-refractivity contribution >= 4 is 22.7 Å². The highest BCUT2D eigenvalue weighted by molar-refractivity contribution is 7.20. The molecule has 0 fully saturated rings. The quantitative estimate of drug-likeness (QED) is 0.895. The fourth-order valence-corrected chi connectivity index (χ4v) is 3.33. The van der Waals surface area contributed by atoms with Gasteiger partial charge in [-0.15, -0.1) is 22.7 Å². The molecule has 0 aromatic carbocycles. The molecule has 0 aliphatic carbocycles. The minimum absolute atomic E-state index is 0.0497. The zero-order chi connectivity index (χ0) is 11.8. The van der Waals surface area contributed by atoms with Crippen molar-refractivity contribution in [2.24, 2.45) is 5.73 Å². The molecule has 0 saturated heterocycles. The number of aromatic nitrogens is 2. The highest BCUT2D eigenvalue weighted by atomic mass is 32.1. The number of thiazole rings is 2. The Balaban J connectivity index is 2.48. The van der Waals surface area contributed by atoms with Crippen LogP contribution in [-0.4, -0.2) is 9.97 Å². The predicted octanol–water partition coefficient (Wildman–Crippen LogP) is 3.02. The van der Waals surface area contributed by atoms with Gasteiger partial charge in [-0.1, -0.05) is 20.8 Å². The molecule has 2 heterocycles. The molecule has 0 spiro atoms. The predicted molar refractivity (Wildman–Crippen MR) is 69.8 cm³/mol. The smallest absolute Gasteiger partial charge is 0.135 e. The molecule has 3 nitrogen and oxygen atoms in total. The average molecular weight is 253 g/mol. The zero-order valence-corrected chi connectivity index (χ0v) is 11.3. The Morgan fingerprint density at radius 2 is 2.12 bits per heavy atom. The third kappa shape index (κ3) is 2.16. The largest absolute Gasteiger partial charge is 0.326 e. The molecule has 0 atom stereocenters. The molecule has 2 aromatic rings. The lowest BCUT2D eigenvalue weighted by molar-refractivity contribution is 0.567. The first-order chi connectivity index (χ1) is 7.52. The maximum atomic E-state index is 5.77. The van der Waals surface area contributed by atoms with E-state index in [0.717, 1.165) is 15.6 Å². The number of rotatable bonds is 2. The van der Waals surface area contributed by atoms with E-state index in [4.69, 9.17) is 10.7 Å². The number of nitrogens with zero attached hydrogens (tertiary/aromatic N) is 2. The van der Waals surface area contributed by atoms with E-state index in [1.54, 1.807) is 22.7 Å². The van der Waals surface area contributed by atoms with Crippen LogP contribution >= 0.6 is 22.7 Å². The molecule has 2 N–H and O–H groups in total. The summed E-state index contributed by atoms with van der Waals surface area (Å²) < 4.78 is 0. The summed E-state index contributed by atoms with van der Waals surface area (Å²) in [5, 5.41) is 1.04. The second kappa shape index (κ2) is 4.24. The molecule has 0 bridgehead atoms. The van der Waals surface area contributed by atoms with Crippen LogP contribution in [-0.2, 0) is 12.0 Å². The standard InChI is InChI=1S/C11H15N3S2/c1-11(2,3)9-7(4-12)16-10(14-9)8-5-13-6-15-8/h5-6H,4,12H2,1-3H3. The summed E-state index contributed by atoms with van der Waals surface area (Å²) >= 11 is 3.29. The van der Waals surface area contributed by atoms with Crippen molar-refractivity contribution in [2.75, 3.05) is 0 Å². The van der Waals surface area contributed by atoms with Gasteiger partial charge in [-0.05, 0) is 0 Å². The molecule has 0 radical (unpaired) electrons. The lowest BCUT2D eigenvalue weighted by Crippen LogP contribution is -2.15. The maximum Gasteiger partial charge on any atom is 0.135 e. The SMILES string of the molecule is CC(C)(C)c1nc(-c2cncs2)sc1CN. The van der Waals surface area contributed by atoms with Crippen molar-refractivity contribution in [1.29, 1.82) is 0 Å². The molecule has 5 heteroatoms. The van der Waals surface area contributed by atoms with Gasteiger partial charge >= 0.3 is 0 Å². The second-order valence-corrected chi connectivity index (χ2v) is 6.58. The van der Waals surface area contributed by atoms with Gasteiger partial charge in [0.25, 0.3) is 0 Å². The Kier molecular flexibility index (Phi) is 3.10. The number of hydrogen-bond acceptors (Lipinski definition) is 5. The topological polar surface area (TPSA) is 51.8 Å². The fraction of sp³-hybridized carbons (Fsp3) is 0.455. The lowest BCUT2D eigenvalue weighted by atomic mass is 9.91. The Morgan fingerprint density at radius 1 is 1.38 bits per heavy atom. The van der Waals surface area contributed by atoms with Crippen molar-refractivity contribution in [3.05, 3.63) is 22.3 Å². The van der Waals surface area contributed by atoms with Crippen molar-refractivity contribution in [1.82, 2.24) is 9.97 Å². The van der Waals surface area contributed by atoms with Crippen LogP contribution in [0.25, 0.3) is 9.88 Å². The zero-order valence-electron chi connectivity index (χ0n) is 9.65. The highest BCUT2D eigenvalue weighted by Crippen LogP contribution is 2.35. The minimum atomic E-state index is 0.0497. The summed E-state index contributed by atoms with van der Waals surface area (Å²) in [7, 11) is 0. The van der Waals surface area contributed by atoms with E-state index in [1.807, 2.05) is 11.7 Å². The van der Waals surface area contributed by atoms with E-state index in [9.17, 15) is 0 Å². The monoisotopic (exact) mass is 253 g/mol. The summed E-state index contributed by atoms with van der Waals surface area (Å²) in [6.07, 6.45) is 1.86. The van der Waals surface area contributed by atoms with Gasteiger partial charge in [0.05, 0.1) is 16.1 Å². The molecule has 16 heavy (non-hydrogen) atoms. The van der Waals surface area contributed by atoms with Gasteiger partial charge in [-0.25, -0.2) is 4.98 Å². The first kappa shape index (κ1) is 11.7. The Bertz CT molecular complexity index is 466. The lowest BCUT2D eigenvalue weighted by Gasteiger charge is -2.16. The third-order valence-corrected chi connectivity index (χ3v) is 4.26. The molecule has 0 aliphatic rings. The molecule has 0 saturated carbocycles. The molecule has 2 rings (SSSR count). The van der Waals surface area contributed by atoms with E-state index in [0.29, 0.717) is 6.54 Å². The molecule has 2 aromatic heterocycles. The normalized spacial score (nSPS) is 12.0. The van der Waals surface area contributed by atoms with Gasteiger partial charge < -0.3 is 5.73 Å². The molecule has 86 valence electrons. The summed E-state index contributed by atoms with van der Waals surface area (Å²) in [5.74, 6) is 0. The molecule has 0 unspecified atom stereocenters. The summed E-state index contributed by atoms with van der Waals surface area (Å²) in [4.78, 5) is 11.1. The maximum absolute atomic E-state index is 5.77. The van der Waals surface area contributed by atoms with Crippen LogP contribution in [0, 0.1) is 0 Å². The average Bonchev–Trinajstić information content (AvgIpc) is 2.85. The summed E-state index contributed by atoms with van der Waals surface area (Å²) in [6.45, 7) is 7.05. The Hall–Kier alpha value is -0.780. The van der Waals surface area contributed by atoms with Gasteiger partial charge in [0, 0.05) is 23.0 Å². The highest BCUT2D eigenvalue weighted by Gasteiger charge is 2.23. The van der Waals surface area contributed by atoms with E-state index in [-0.39, 0.29) is 5.41 Å². The van der Waals surface area contributed by atoms with E-state index < -0.39 is 0 Å². The van der Waals surface area contributed by atoms with Gasteiger partial charge in [-0.3, -0.25) is 4.98 Å². The number of nitrogens with two attached hydrogens (primary N) is 1. The first-order valence-electron chi connectivity index (χ1n) is 5.11. The summed E-state index contributed by atoms with van der Waals surface area (Å²) in [6, 6.07) is 0. The van der Waals surface area contributed by atoms with Crippen LogP contribution in [0.4, 0.5) is 0 Å². The van der Waals surface area contributed by atoms with Crippen LogP contribution in [0.1, 0.15) is 31.3 Å². The van der Waals surface area contributed by atoms with Gasteiger partial charge in [0.1, 0.15) is 5.01 Å². The molecule has 0 aliphatic heterocycles. The third-order valence-electron chi connectivity index (χ3n) is 2.24. The van der Waals surface area contributed by atoms with Crippen molar-refractivity contribution in [3.8, 4) is 9.88 Å². The van der Waals surface area contributed by atoms with Gasteiger partial charge in [-0.2, -0.15) is 0 Å². The van der Waals surface area contributed by atoms with Gasteiger partial charge in [0.15, 0.2) is 0 Å². The second-order valence-electron chi connectivity index (χ2n) is 4.61. The van der Waals surface area contributed by atoms with Gasteiger partial charge in [0.2, 0.25) is 0 Å². The Morgan fingerprint density at radius 3 is 2.56 bits per heavy atom. The van der Waals surface area contributed by atoms with Crippen LogP contribution in [0.5, 0.6) is 0 Å². The molecule has 0 amide bonds. The van der Waals surface area contributed by atoms with E-state index in [1.165, 1.54) is 4.88 Å². The first-order valence-corrected chi connectivity index (χ1v) is 6.81. The van der Waals surface area contributed by atoms with E-state index >= 15 is 0 Å². The van der Waals surface area contributed by atoms with Crippen LogP contribution in [0.15, 0.2) is 11.7 Å².